The molecule has 0 saturated carbocycles. The predicted molar refractivity (Wildman–Crippen MR) is 74.1 cm³/mol. The van der Waals surface area contributed by atoms with Gasteiger partial charge in [0.05, 0.1) is 0 Å². The lowest BCUT2D eigenvalue weighted by atomic mass is 10.1. The molecule has 3 heteroatoms. The summed E-state index contributed by atoms with van der Waals surface area (Å²) in [5.41, 5.74) is 1.34. The number of hydrogen-bond acceptors (Lipinski definition) is 3. The molecule has 1 N–H and O–H groups in total. The molecule has 1 heterocycles. The summed E-state index contributed by atoms with van der Waals surface area (Å²) >= 11 is 1.84. The van der Waals surface area contributed by atoms with E-state index in [1.54, 1.807) is 0 Å². The Kier molecular flexibility index (Phi) is 6.31. The summed E-state index contributed by atoms with van der Waals surface area (Å²) in [5, 5.41) is 3.46. The second-order valence-corrected chi connectivity index (χ2v) is 5.04. The maximum Gasteiger partial charge on any atom is 0.126 e. The van der Waals surface area contributed by atoms with E-state index in [-0.39, 0.29) is 0 Å². The van der Waals surface area contributed by atoms with Crippen LogP contribution in [0.15, 0.2) is 18.3 Å². The number of rotatable bonds is 7. The van der Waals surface area contributed by atoms with Crippen molar-refractivity contribution < 1.29 is 0 Å². The van der Waals surface area contributed by atoms with E-state index in [4.69, 9.17) is 0 Å². The normalized spacial score (nSPS) is 12.4. The molecule has 1 atom stereocenters. The van der Waals surface area contributed by atoms with Crippen LogP contribution in [0.2, 0.25) is 0 Å². The number of aromatic nitrogens is 1. The molecule has 2 nitrogen and oxygen atoms in total. The number of thioether (sulfide) groups is 1. The minimum Gasteiger partial charge on any atom is -0.368 e. The smallest absolute Gasteiger partial charge is 0.126 e. The van der Waals surface area contributed by atoms with Gasteiger partial charge in [0.25, 0.3) is 0 Å². The summed E-state index contributed by atoms with van der Waals surface area (Å²) in [5.74, 6) is 2.07. The van der Waals surface area contributed by atoms with Crippen molar-refractivity contribution in [3.63, 3.8) is 0 Å². The molecule has 1 unspecified atom stereocenters. The topological polar surface area (TPSA) is 24.9 Å². The van der Waals surface area contributed by atoms with E-state index in [0.29, 0.717) is 6.04 Å². The molecule has 0 aliphatic heterocycles. The highest BCUT2D eigenvalue weighted by atomic mass is 32.2. The Morgan fingerprint density at radius 1 is 1.50 bits per heavy atom. The lowest BCUT2D eigenvalue weighted by molar-refractivity contribution is 0.643. The lowest BCUT2D eigenvalue weighted by Crippen LogP contribution is -2.15. The second-order valence-electron chi connectivity index (χ2n) is 4.17. The van der Waals surface area contributed by atoms with Gasteiger partial charge in [-0.15, -0.1) is 0 Å². The van der Waals surface area contributed by atoms with Crippen LogP contribution in [-0.2, 0) is 5.75 Å². The third-order valence-electron chi connectivity index (χ3n) is 2.52. The van der Waals surface area contributed by atoms with Gasteiger partial charge in [-0.25, -0.2) is 4.98 Å². The fraction of sp³-hybridized carbons (Fsp3) is 0.615. The maximum atomic E-state index is 4.35. The van der Waals surface area contributed by atoms with E-state index < -0.39 is 0 Å². The monoisotopic (exact) mass is 238 g/mol. The molecule has 0 radical (unpaired) electrons. The van der Waals surface area contributed by atoms with Crippen LogP contribution in [0, 0.1) is 0 Å². The number of anilines is 1. The van der Waals surface area contributed by atoms with Gasteiger partial charge >= 0.3 is 0 Å². The van der Waals surface area contributed by atoms with E-state index in [9.17, 15) is 0 Å². The van der Waals surface area contributed by atoms with Crippen LogP contribution in [0.1, 0.15) is 38.7 Å². The third-order valence-corrected chi connectivity index (χ3v) is 3.14. The first-order chi connectivity index (χ1) is 7.76. The predicted octanol–water partition coefficient (Wildman–Crippen LogP) is 3.94. The quantitative estimate of drug-likeness (QED) is 0.779. The molecule has 0 aromatic carbocycles. The Labute approximate surface area is 103 Å². The van der Waals surface area contributed by atoms with Crippen LogP contribution in [0.3, 0.4) is 0 Å². The highest BCUT2D eigenvalue weighted by Gasteiger charge is 2.02. The number of nitrogens with one attached hydrogen (secondary N) is 1. The molecule has 1 rings (SSSR count). The first-order valence-electron chi connectivity index (χ1n) is 5.96. The lowest BCUT2D eigenvalue weighted by Gasteiger charge is -2.14. The number of hydrogen-bond donors (Lipinski definition) is 1. The third kappa shape index (κ3) is 4.88. The Bertz CT molecular complexity index is 302. The Balaban J connectivity index is 2.49. The van der Waals surface area contributed by atoms with Gasteiger partial charge in [0.15, 0.2) is 0 Å². The average Bonchev–Trinajstić information content (AvgIpc) is 2.27. The van der Waals surface area contributed by atoms with E-state index >= 15 is 0 Å². The minimum absolute atomic E-state index is 0.511. The first-order valence-corrected chi connectivity index (χ1v) is 7.36. The van der Waals surface area contributed by atoms with Gasteiger partial charge in [-0.2, -0.15) is 11.8 Å². The SMILES string of the molecule is CCCCC(C)Nc1cc(CSC)ccn1. The van der Waals surface area contributed by atoms with Gasteiger partial charge in [0.2, 0.25) is 0 Å². The van der Waals surface area contributed by atoms with E-state index in [2.05, 4.69) is 42.5 Å². The summed E-state index contributed by atoms with van der Waals surface area (Å²) in [6.45, 7) is 4.45. The van der Waals surface area contributed by atoms with Crippen molar-refractivity contribution >= 4 is 17.6 Å². The Hall–Kier alpha value is -0.700. The zero-order valence-electron chi connectivity index (χ0n) is 10.5. The van der Waals surface area contributed by atoms with Crippen molar-refractivity contribution in [1.82, 2.24) is 4.98 Å². The van der Waals surface area contributed by atoms with Crippen LogP contribution in [0.25, 0.3) is 0 Å². The molecular weight excluding hydrogens is 216 g/mol. The van der Waals surface area contributed by atoms with Gasteiger partial charge in [-0.05, 0) is 37.3 Å². The van der Waals surface area contributed by atoms with Crippen molar-refractivity contribution in [3.05, 3.63) is 23.9 Å². The molecule has 1 aromatic rings. The summed E-state index contributed by atoms with van der Waals surface area (Å²) in [6.07, 6.45) is 7.76. The molecule has 16 heavy (non-hydrogen) atoms. The summed E-state index contributed by atoms with van der Waals surface area (Å²) < 4.78 is 0. The summed E-state index contributed by atoms with van der Waals surface area (Å²) in [6, 6.07) is 4.74. The van der Waals surface area contributed by atoms with E-state index in [0.717, 1.165) is 11.6 Å². The van der Waals surface area contributed by atoms with Crippen molar-refractivity contribution in [1.29, 1.82) is 0 Å². The largest absolute Gasteiger partial charge is 0.368 e. The molecule has 0 aliphatic carbocycles. The average molecular weight is 238 g/mol. The Morgan fingerprint density at radius 2 is 2.31 bits per heavy atom. The molecule has 90 valence electrons. The maximum absolute atomic E-state index is 4.35. The van der Waals surface area contributed by atoms with Gasteiger partial charge in [-0.3, -0.25) is 0 Å². The van der Waals surface area contributed by atoms with Gasteiger partial charge in [0.1, 0.15) is 5.82 Å². The van der Waals surface area contributed by atoms with Crippen molar-refractivity contribution in [2.75, 3.05) is 11.6 Å². The highest BCUT2D eigenvalue weighted by Crippen LogP contribution is 2.14. The van der Waals surface area contributed by atoms with Crippen molar-refractivity contribution in [3.8, 4) is 0 Å². The summed E-state index contributed by atoms with van der Waals surface area (Å²) in [7, 11) is 0. The number of nitrogens with zero attached hydrogens (tertiary/aromatic N) is 1. The van der Waals surface area contributed by atoms with Crippen molar-refractivity contribution in [2.45, 2.75) is 44.9 Å². The molecule has 0 saturated heterocycles. The number of unbranched alkanes of at least 4 members (excludes halogenated alkanes) is 1. The Morgan fingerprint density at radius 3 is 3.00 bits per heavy atom. The van der Waals surface area contributed by atoms with Crippen LogP contribution in [-0.4, -0.2) is 17.3 Å². The summed E-state index contributed by atoms with van der Waals surface area (Å²) in [4.78, 5) is 4.35. The second kappa shape index (κ2) is 7.55. The zero-order chi connectivity index (χ0) is 11.8. The molecule has 0 amide bonds. The van der Waals surface area contributed by atoms with Gasteiger partial charge < -0.3 is 5.32 Å². The van der Waals surface area contributed by atoms with Crippen molar-refractivity contribution in [2.24, 2.45) is 0 Å². The highest BCUT2D eigenvalue weighted by molar-refractivity contribution is 7.97. The zero-order valence-corrected chi connectivity index (χ0v) is 11.3. The first kappa shape index (κ1) is 13.4. The van der Waals surface area contributed by atoms with Crippen LogP contribution in [0.5, 0.6) is 0 Å². The molecule has 0 aliphatic rings. The standard InChI is InChI=1S/C13H22N2S/c1-4-5-6-11(2)15-13-9-12(10-16-3)7-8-14-13/h7-9,11H,4-6,10H2,1-3H3,(H,14,15). The van der Waals surface area contributed by atoms with Gasteiger partial charge in [0, 0.05) is 18.0 Å². The molecule has 1 aromatic heterocycles. The number of pyridine rings is 1. The fourth-order valence-electron chi connectivity index (χ4n) is 1.64. The molecule has 0 bridgehead atoms. The molecule has 0 fully saturated rings. The minimum atomic E-state index is 0.511. The van der Waals surface area contributed by atoms with E-state index in [1.807, 2.05) is 18.0 Å². The molecule has 0 spiro atoms. The van der Waals surface area contributed by atoms with Crippen LogP contribution >= 0.6 is 11.8 Å². The fourth-order valence-corrected chi connectivity index (χ4v) is 2.16. The van der Waals surface area contributed by atoms with Crippen LogP contribution < -0.4 is 5.32 Å². The van der Waals surface area contributed by atoms with E-state index in [1.165, 1.54) is 24.8 Å². The van der Waals surface area contributed by atoms with Crippen LogP contribution in [0.4, 0.5) is 5.82 Å². The van der Waals surface area contributed by atoms with Gasteiger partial charge in [-0.1, -0.05) is 19.8 Å². The molecular formula is C13H22N2S.